The molecule has 7 heteroatoms. The maximum Gasteiger partial charge on any atom is 0.323 e. The Morgan fingerprint density at radius 2 is 2.00 bits per heavy atom. The maximum absolute atomic E-state index is 12.5. The molecule has 3 rings (SSSR count). The van der Waals surface area contributed by atoms with Gasteiger partial charge in [0.25, 0.3) is 5.56 Å². The lowest BCUT2D eigenvalue weighted by molar-refractivity contribution is -0.137. The second kappa shape index (κ2) is 6.54. The van der Waals surface area contributed by atoms with Gasteiger partial charge in [-0.15, -0.1) is 0 Å². The average molecular weight is 357 g/mol. The van der Waals surface area contributed by atoms with Crippen molar-refractivity contribution in [3.8, 4) is 17.2 Å². The lowest BCUT2D eigenvalue weighted by Crippen LogP contribution is -2.31. The fraction of sp³-hybridized carbons (Fsp3) is 0.222. The van der Waals surface area contributed by atoms with Crippen molar-refractivity contribution in [2.75, 3.05) is 0 Å². The fourth-order valence-corrected chi connectivity index (χ4v) is 3.34. The number of fused-ring (bicyclic) bond motifs is 1. The normalized spacial score (nSPS) is 13.2. The summed E-state index contributed by atoms with van der Waals surface area (Å²) in [6, 6.07) is 7.88. The summed E-state index contributed by atoms with van der Waals surface area (Å²) in [5, 5.41) is 18.8. The van der Waals surface area contributed by atoms with E-state index in [9.17, 15) is 19.6 Å². The standard InChI is InChI=1S/C18H13ClN2O4/c19-11-5-4-10(8-20)12(6-11)13-7-16(23)21(9-17(24)25)14-2-1-3-15(22)18(13)14/h4-7H,1-3,9H2,(H,24,25). The van der Waals surface area contributed by atoms with Crippen molar-refractivity contribution in [1.82, 2.24) is 4.57 Å². The highest BCUT2D eigenvalue weighted by Crippen LogP contribution is 2.33. The molecule has 0 unspecified atom stereocenters. The summed E-state index contributed by atoms with van der Waals surface area (Å²) in [6.45, 7) is -0.505. The van der Waals surface area contributed by atoms with Gasteiger partial charge in [0.05, 0.1) is 11.6 Å². The summed E-state index contributed by atoms with van der Waals surface area (Å²) < 4.78 is 1.12. The minimum Gasteiger partial charge on any atom is -0.480 e. The molecule has 1 aromatic carbocycles. The molecule has 0 fully saturated rings. The molecule has 126 valence electrons. The zero-order valence-corrected chi connectivity index (χ0v) is 13.8. The zero-order chi connectivity index (χ0) is 18.1. The number of halogens is 1. The smallest absolute Gasteiger partial charge is 0.323 e. The Bertz CT molecular complexity index is 1000. The highest BCUT2D eigenvalue weighted by Gasteiger charge is 2.27. The first-order valence-corrected chi connectivity index (χ1v) is 8.02. The van der Waals surface area contributed by atoms with E-state index in [2.05, 4.69) is 0 Å². The summed E-state index contributed by atoms with van der Waals surface area (Å²) >= 11 is 6.03. The van der Waals surface area contributed by atoms with E-state index in [-0.39, 0.29) is 5.78 Å². The predicted molar refractivity (Wildman–Crippen MR) is 90.8 cm³/mol. The van der Waals surface area contributed by atoms with Crippen molar-refractivity contribution >= 4 is 23.4 Å². The predicted octanol–water partition coefficient (Wildman–Crippen LogP) is 2.64. The Morgan fingerprint density at radius 3 is 2.68 bits per heavy atom. The van der Waals surface area contributed by atoms with Gasteiger partial charge in [-0.05, 0) is 31.0 Å². The molecule has 0 aliphatic heterocycles. The molecule has 1 N–H and O–H groups in total. The van der Waals surface area contributed by atoms with E-state index in [1.807, 2.05) is 6.07 Å². The monoisotopic (exact) mass is 356 g/mol. The Kier molecular flexibility index (Phi) is 4.43. The third-order valence-electron chi connectivity index (χ3n) is 4.20. The third kappa shape index (κ3) is 3.06. The number of Topliss-reactive ketones (excluding diaryl/α,β-unsaturated/α-hetero) is 1. The van der Waals surface area contributed by atoms with E-state index in [1.165, 1.54) is 12.1 Å². The van der Waals surface area contributed by atoms with Crippen LogP contribution in [0.4, 0.5) is 0 Å². The van der Waals surface area contributed by atoms with Gasteiger partial charge in [0.15, 0.2) is 5.78 Å². The highest BCUT2D eigenvalue weighted by molar-refractivity contribution is 6.31. The van der Waals surface area contributed by atoms with Crippen LogP contribution in [0, 0.1) is 11.3 Å². The summed E-state index contributed by atoms with van der Waals surface area (Å²) in [7, 11) is 0. The van der Waals surface area contributed by atoms with Crippen molar-refractivity contribution < 1.29 is 14.7 Å². The molecular formula is C18H13ClN2O4. The lowest BCUT2D eigenvalue weighted by Gasteiger charge is -2.22. The van der Waals surface area contributed by atoms with Crippen LogP contribution in [0.25, 0.3) is 11.1 Å². The molecular weight excluding hydrogens is 344 g/mol. The van der Waals surface area contributed by atoms with Gasteiger partial charge in [0.1, 0.15) is 6.54 Å². The number of benzene rings is 1. The largest absolute Gasteiger partial charge is 0.480 e. The number of carbonyl (C=O) groups excluding carboxylic acids is 1. The van der Waals surface area contributed by atoms with Crippen LogP contribution in [-0.2, 0) is 17.8 Å². The van der Waals surface area contributed by atoms with Gasteiger partial charge in [-0.1, -0.05) is 11.6 Å². The minimum absolute atomic E-state index is 0.167. The van der Waals surface area contributed by atoms with Crippen molar-refractivity contribution in [2.45, 2.75) is 25.8 Å². The molecule has 6 nitrogen and oxygen atoms in total. The average Bonchev–Trinajstić information content (AvgIpc) is 2.57. The number of carbonyl (C=O) groups is 2. The number of aliphatic carboxylic acids is 1. The zero-order valence-electron chi connectivity index (χ0n) is 13.1. The van der Waals surface area contributed by atoms with E-state index in [1.54, 1.807) is 12.1 Å². The van der Waals surface area contributed by atoms with Crippen LogP contribution in [-0.4, -0.2) is 21.4 Å². The van der Waals surface area contributed by atoms with Crippen molar-refractivity contribution in [2.24, 2.45) is 0 Å². The number of carboxylic acid groups (broad SMARTS) is 1. The Hall–Kier alpha value is -2.91. The van der Waals surface area contributed by atoms with Crippen LogP contribution in [0.15, 0.2) is 29.1 Å². The third-order valence-corrected chi connectivity index (χ3v) is 4.43. The van der Waals surface area contributed by atoms with Gasteiger partial charge < -0.3 is 9.67 Å². The van der Waals surface area contributed by atoms with Gasteiger partial charge in [-0.2, -0.15) is 5.26 Å². The highest BCUT2D eigenvalue weighted by atomic mass is 35.5. The van der Waals surface area contributed by atoms with Crippen LogP contribution in [0.2, 0.25) is 5.02 Å². The molecule has 0 saturated carbocycles. The Morgan fingerprint density at radius 1 is 1.24 bits per heavy atom. The summed E-state index contributed by atoms with van der Waals surface area (Å²) in [5.74, 6) is -1.32. The van der Waals surface area contributed by atoms with Crippen LogP contribution in [0.1, 0.15) is 34.5 Å². The van der Waals surface area contributed by atoms with Crippen molar-refractivity contribution in [3.05, 3.63) is 56.5 Å². The van der Waals surface area contributed by atoms with E-state index in [4.69, 9.17) is 16.7 Å². The molecule has 1 heterocycles. The van der Waals surface area contributed by atoms with Crippen LogP contribution >= 0.6 is 11.6 Å². The number of rotatable bonds is 3. The lowest BCUT2D eigenvalue weighted by atomic mass is 9.86. The quantitative estimate of drug-likeness (QED) is 0.911. The molecule has 0 atom stereocenters. The molecule has 2 aromatic rings. The molecule has 0 radical (unpaired) electrons. The Balaban J connectivity index is 2.37. The number of carboxylic acids is 1. The number of aromatic nitrogens is 1. The van der Waals surface area contributed by atoms with Crippen LogP contribution in [0.5, 0.6) is 0 Å². The molecule has 0 saturated heterocycles. The van der Waals surface area contributed by atoms with Gasteiger partial charge in [0, 0.05) is 39.9 Å². The molecule has 1 aromatic heterocycles. The summed E-state index contributed by atoms with van der Waals surface area (Å²) in [4.78, 5) is 36.1. The second-order valence-electron chi connectivity index (χ2n) is 5.78. The second-order valence-corrected chi connectivity index (χ2v) is 6.21. The molecule has 1 aliphatic rings. The van der Waals surface area contributed by atoms with E-state index in [0.717, 1.165) is 4.57 Å². The van der Waals surface area contributed by atoms with Crippen LogP contribution in [0.3, 0.4) is 0 Å². The first-order valence-electron chi connectivity index (χ1n) is 7.64. The molecule has 25 heavy (non-hydrogen) atoms. The summed E-state index contributed by atoms with van der Waals surface area (Å²) in [5.41, 5.74) is 1.23. The number of ketones is 1. The molecule has 1 aliphatic carbocycles. The van der Waals surface area contributed by atoms with Crippen molar-refractivity contribution in [3.63, 3.8) is 0 Å². The maximum atomic E-state index is 12.5. The first kappa shape index (κ1) is 16.9. The number of nitriles is 1. The first-order chi connectivity index (χ1) is 11.9. The number of hydrogen-bond acceptors (Lipinski definition) is 4. The van der Waals surface area contributed by atoms with Gasteiger partial charge >= 0.3 is 5.97 Å². The van der Waals surface area contributed by atoms with E-state index < -0.39 is 18.1 Å². The Labute approximate surface area is 147 Å². The number of hydrogen-bond donors (Lipinski definition) is 1. The molecule has 0 amide bonds. The number of pyridine rings is 1. The SMILES string of the molecule is N#Cc1ccc(Cl)cc1-c1cc(=O)n(CC(=O)O)c2c1C(=O)CCC2. The molecule has 0 spiro atoms. The van der Waals surface area contributed by atoms with E-state index in [0.29, 0.717) is 52.2 Å². The fourth-order valence-electron chi connectivity index (χ4n) is 3.17. The van der Waals surface area contributed by atoms with Gasteiger partial charge in [-0.3, -0.25) is 14.4 Å². The van der Waals surface area contributed by atoms with Crippen molar-refractivity contribution in [1.29, 1.82) is 5.26 Å². The summed E-state index contributed by atoms with van der Waals surface area (Å²) in [6.07, 6.45) is 1.29. The topological polar surface area (TPSA) is 100 Å². The van der Waals surface area contributed by atoms with Crippen LogP contribution < -0.4 is 5.56 Å². The molecule has 0 bridgehead atoms. The van der Waals surface area contributed by atoms with Gasteiger partial charge in [-0.25, -0.2) is 0 Å². The van der Waals surface area contributed by atoms with E-state index >= 15 is 0 Å². The van der Waals surface area contributed by atoms with Gasteiger partial charge in [0.2, 0.25) is 0 Å². The number of nitrogens with zero attached hydrogens (tertiary/aromatic N) is 2. The minimum atomic E-state index is -1.16.